The van der Waals surface area contributed by atoms with Crippen LogP contribution < -0.4 is 5.32 Å². The molecule has 1 fully saturated rings. The Kier molecular flexibility index (Phi) is 5.95. The number of hydrogen-bond donors (Lipinski definition) is 1. The largest absolute Gasteiger partial charge is 0.305 e. The minimum absolute atomic E-state index is 0.189. The van der Waals surface area contributed by atoms with Crippen LogP contribution in [0.1, 0.15) is 47.4 Å². The lowest BCUT2D eigenvalue weighted by Gasteiger charge is -2.32. The number of carbonyl (C=O) groups is 1. The maximum atomic E-state index is 12.4. The van der Waals surface area contributed by atoms with Crippen molar-refractivity contribution in [2.75, 3.05) is 18.4 Å². The van der Waals surface area contributed by atoms with Crippen LogP contribution in [0.3, 0.4) is 0 Å². The highest BCUT2D eigenvalue weighted by Crippen LogP contribution is 2.26. The average molecular weight is 390 g/mol. The Bertz CT molecular complexity index is 937. The molecule has 1 atom stereocenters. The number of rotatable bonds is 6. The molecule has 0 bridgehead atoms. The van der Waals surface area contributed by atoms with Crippen molar-refractivity contribution in [3.8, 4) is 0 Å². The predicted octanol–water partition coefficient (Wildman–Crippen LogP) is 3.32. The summed E-state index contributed by atoms with van der Waals surface area (Å²) in [7, 11) is 0. The van der Waals surface area contributed by atoms with Gasteiger partial charge < -0.3 is 5.32 Å². The first-order chi connectivity index (χ1) is 14.2. The third kappa shape index (κ3) is 4.86. The second-order valence-corrected chi connectivity index (χ2v) is 7.38. The van der Waals surface area contributed by atoms with Gasteiger partial charge in [0.05, 0.1) is 11.3 Å². The van der Waals surface area contributed by atoms with E-state index in [1.165, 1.54) is 0 Å². The molecule has 0 saturated carbocycles. The number of aryl methyl sites for hydroxylation is 1. The van der Waals surface area contributed by atoms with Gasteiger partial charge in [0.15, 0.2) is 5.82 Å². The molecular formula is C22H26N6O. The van der Waals surface area contributed by atoms with E-state index < -0.39 is 0 Å². The number of pyridine rings is 2. The molecule has 29 heavy (non-hydrogen) atoms. The van der Waals surface area contributed by atoms with Crippen molar-refractivity contribution in [1.29, 1.82) is 0 Å². The molecule has 1 amide bonds. The first kappa shape index (κ1) is 19.3. The van der Waals surface area contributed by atoms with Gasteiger partial charge in [-0.15, -0.1) is 0 Å². The molecule has 0 aromatic carbocycles. The molecule has 7 nitrogen and oxygen atoms in total. The summed E-state index contributed by atoms with van der Waals surface area (Å²) in [5.74, 6) is 0.744. The van der Waals surface area contributed by atoms with E-state index in [0.29, 0.717) is 17.3 Å². The smallest absolute Gasteiger partial charge is 0.258 e. The quantitative estimate of drug-likeness (QED) is 0.699. The van der Waals surface area contributed by atoms with E-state index in [-0.39, 0.29) is 5.91 Å². The van der Waals surface area contributed by atoms with Gasteiger partial charge in [0.2, 0.25) is 0 Å². The lowest BCUT2D eigenvalue weighted by atomic mass is 9.94. The van der Waals surface area contributed by atoms with Crippen molar-refractivity contribution in [2.45, 2.75) is 38.8 Å². The molecule has 1 N–H and O–H groups in total. The van der Waals surface area contributed by atoms with E-state index in [1.807, 2.05) is 43.6 Å². The topological polar surface area (TPSA) is 75.9 Å². The van der Waals surface area contributed by atoms with E-state index in [9.17, 15) is 4.79 Å². The molecule has 1 aliphatic heterocycles. The summed E-state index contributed by atoms with van der Waals surface area (Å²) in [5, 5.41) is 7.10. The molecule has 1 unspecified atom stereocenters. The number of nitrogens with one attached hydrogen (secondary N) is 1. The zero-order chi connectivity index (χ0) is 20.1. The zero-order valence-electron chi connectivity index (χ0n) is 16.7. The van der Waals surface area contributed by atoms with Crippen molar-refractivity contribution in [1.82, 2.24) is 24.6 Å². The van der Waals surface area contributed by atoms with Gasteiger partial charge >= 0.3 is 0 Å². The van der Waals surface area contributed by atoms with Gasteiger partial charge in [-0.25, -0.2) is 0 Å². The summed E-state index contributed by atoms with van der Waals surface area (Å²) in [6.07, 6.45) is 7.61. The molecule has 3 aromatic heterocycles. The first-order valence-corrected chi connectivity index (χ1v) is 10.1. The molecule has 1 saturated heterocycles. The summed E-state index contributed by atoms with van der Waals surface area (Å²) >= 11 is 0. The number of amides is 1. The average Bonchev–Trinajstić information content (AvgIpc) is 3.22. The minimum Gasteiger partial charge on any atom is -0.305 e. The fraction of sp³-hybridized carbons (Fsp3) is 0.364. The van der Waals surface area contributed by atoms with Crippen LogP contribution in [0.4, 0.5) is 5.82 Å². The van der Waals surface area contributed by atoms with Crippen molar-refractivity contribution < 1.29 is 4.79 Å². The van der Waals surface area contributed by atoms with Crippen LogP contribution in [0.15, 0.2) is 55.0 Å². The lowest BCUT2D eigenvalue weighted by molar-refractivity contribution is 0.102. The molecule has 1 aliphatic rings. The Morgan fingerprint density at radius 3 is 2.86 bits per heavy atom. The molecule has 4 heterocycles. The van der Waals surface area contributed by atoms with E-state index in [1.54, 1.807) is 16.9 Å². The maximum absolute atomic E-state index is 12.4. The summed E-state index contributed by atoms with van der Waals surface area (Å²) in [4.78, 5) is 23.9. The molecule has 3 aromatic rings. The minimum atomic E-state index is -0.189. The van der Waals surface area contributed by atoms with Gasteiger partial charge in [-0.2, -0.15) is 5.10 Å². The fourth-order valence-electron chi connectivity index (χ4n) is 3.74. The highest BCUT2D eigenvalue weighted by molar-refractivity contribution is 6.03. The zero-order valence-corrected chi connectivity index (χ0v) is 16.7. The van der Waals surface area contributed by atoms with Crippen LogP contribution in [-0.2, 0) is 13.1 Å². The number of nitrogens with zero attached hydrogens (tertiary/aromatic N) is 5. The Morgan fingerprint density at radius 1 is 1.21 bits per heavy atom. The number of hydrogen-bond acceptors (Lipinski definition) is 5. The first-order valence-electron chi connectivity index (χ1n) is 10.1. The van der Waals surface area contributed by atoms with Crippen LogP contribution >= 0.6 is 0 Å². The van der Waals surface area contributed by atoms with Gasteiger partial charge in [-0.05, 0) is 50.6 Å². The number of piperidine rings is 1. The number of anilines is 1. The second kappa shape index (κ2) is 8.96. The van der Waals surface area contributed by atoms with E-state index in [0.717, 1.165) is 50.4 Å². The Morgan fingerprint density at radius 2 is 2.14 bits per heavy atom. The highest BCUT2D eigenvalue weighted by Gasteiger charge is 2.23. The number of likely N-dealkylation sites (tertiary alicyclic amines) is 1. The van der Waals surface area contributed by atoms with Gasteiger partial charge in [0.1, 0.15) is 0 Å². The third-order valence-corrected chi connectivity index (χ3v) is 5.29. The standard InChI is InChI=1S/C22H26N6O/c1-2-28-13-10-21(26-28)25-22(29)17-8-9-20(24-14-17)18-6-5-12-27(15-18)16-19-7-3-4-11-23-19/h3-4,7-11,13-14,18H,2,5-6,12,15-16H2,1H3,(H,25,26,29). The van der Waals surface area contributed by atoms with E-state index in [4.69, 9.17) is 0 Å². The molecule has 0 aliphatic carbocycles. The fourth-order valence-corrected chi connectivity index (χ4v) is 3.74. The van der Waals surface area contributed by atoms with Crippen LogP contribution in [0.25, 0.3) is 0 Å². The van der Waals surface area contributed by atoms with E-state index in [2.05, 4.69) is 31.3 Å². The van der Waals surface area contributed by atoms with Crippen LogP contribution in [0, 0.1) is 0 Å². The highest BCUT2D eigenvalue weighted by atomic mass is 16.1. The van der Waals surface area contributed by atoms with Gasteiger partial charge in [-0.3, -0.25) is 24.3 Å². The molecule has 0 spiro atoms. The predicted molar refractivity (Wildman–Crippen MR) is 112 cm³/mol. The summed E-state index contributed by atoms with van der Waals surface area (Å²) in [6.45, 7) is 5.68. The Hall–Kier alpha value is -3.06. The van der Waals surface area contributed by atoms with Crippen LogP contribution in [0.2, 0.25) is 0 Å². The summed E-state index contributed by atoms with van der Waals surface area (Å²) in [6, 6.07) is 11.7. The number of aromatic nitrogens is 4. The molecule has 7 heteroatoms. The van der Waals surface area contributed by atoms with Crippen molar-refractivity contribution in [2.24, 2.45) is 0 Å². The molecular weight excluding hydrogens is 364 g/mol. The SMILES string of the molecule is CCn1ccc(NC(=O)c2ccc(C3CCCN(Cc4ccccn4)C3)nc2)n1. The van der Waals surface area contributed by atoms with Crippen LogP contribution in [-0.4, -0.2) is 43.6 Å². The van der Waals surface area contributed by atoms with Crippen molar-refractivity contribution >= 4 is 11.7 Å². The van der Waals surface area contributed by atoms with Crippen molar-refractivity contribution in [3.63, 3.8) is 0 Å². The lowest BCUT2D eigenvalue weighted by Crippen LogP contribution is -2.34. The molecule has 0 radical (unpaired) electrons. The molecule has 4 rings (SSSR count). The second-order valence-electron chi connectivity index (χ2n) is 7.38. The maximum Gasteiger partial charge on any atom is 0.258 e. The summed E-state index contributed by atoms with van der Waals surface area (Å²) in [5.41, 5.74) is 2.68. The third-order valence-electron chi connectivity index (χ3n) is 5.29. The monoisotopic (exact) mass is 390 g/mol. The number of carbonyl (C=O) groups excluding carboxylic acids is 1. The van der Waals surface area contributed by atoms with Gasteiger partial charge in [0.25, 0.3) is 5.91 Å². The van der Waals surface area contributed by atoms with Crippen LogP contribution in [0.5, 0.6) is 0 Å². The van der Waals surface area contributed by atoms with Gasteiger partial charge in [0, 0.05) is 55.9 Å². The molecule has 150 valence electrons. The van der Waals surface area contributed by atoms with Gasteiger partial charge in [-0.1, -0.05) is 6.07 Å². The Labute approximate surface area is 170 Å². The summed E-state index contributed by atoms with van der Waals surface area (Å²) < 4.78 is 1.77. The van der Waals surface area contributed by atoms with Crippen molar-refractivity contribution in [3.05, 3.63) is 71.9 Å². The Balaban J connectivity index is 1.37. The normalized spacial score (nSPS) is 17.2. The van der Waals surface area contributed by atoms with E-state index >= 15 is 0 Å².